The van der Waals surface area contributed by atoms with Crippen molar-refractivity contribution in [2.45, 2.75) is 37.5 Å². The summed E-state index contributed by atoms with van der Waals surface area (Å²) in [7, 11) is 4.26. The van der Waals surface area contributed by atoms with Gasteiger partial charge in [0.05, 0.1) is 0 Å². The predicted molar refractivity (Wildman–Crippen MR) is 65.8 cm³/mol. The molecule has 84 valence electrons. The quantitative estimate of drug-likeness (QED) is 0.777. The maximum absolute atomic E-state index is 6.12. The summed E-state index contributed by atoms with van der Waals surface area (Å²) in [5, 5.41) is 0.707. The minimum absolute atomic E-state index is 0.443. The highest BCUT2D eigenvalue weighted by molar-refractivity contribution is 8.00. The van der Waals surface area contributed by atoms with Gasteiger partial charge in [-0.3, -0.25) is 0 Å². The molecule has 1 aliphatic rings. The first-order valence-corrected chi connectivity index (χ1v) is 6.66. The summed E-state index contributed by atoms with van der Waals surface area (Å²) in [6.45, 7) is 3.52. The van der Waals surface area contributed by atoms with Crippen LogP contribution < -0.4 is 5.73 Å². The molecule has 1 aliphatic carbocycles. The van der Waals surface area contributed by atoms with E-state index in [-0.39, 0.29) is 0 Å². The largest absolute Gasteiger partial charge is 0.327 e. The lowest BCUT2D eigenvalue weighted by molar-refractivity contribution is 0.357. The van der Waals surface area contributed by atoms with Crippen molar-refractivity contribution in [2.75, 3.05) is 26.4 Å². The molecule has 2 N–H and O–H groups in total. The Morgan fingerprint density at radius 2 is 2.07 bits per heavy atom. The summed E-state index contributed by atoms with van der Waals surface area (Å²) in [6.07, 6.45) is 3.87. The van der Waals surface area contributed by atoms with E-state index in [1.807, 2.05) is 0 Å². The molecular formula is C11H24N2S. The first kappa shape index (κ1) is 12.3. The van der Waals surface area contributed by atoms with E-state index in [4.69, 9.17) is 5.73 Å². The van der Waals surface area contributed by atoms with Gasteiger partial charge in [0, 0.05) is 23.6 Å². The first-order valence-electron chi connectivity index (χ1n) is 5.61. The van der Waals surface area contributed by atoms with E-state index >= 15 is 0 Å². The average Bonchev–Trinajstić information content (AvgIpc) is 2.10. The van der Waals surface area contributed by atoms with E-state index in [1.165, 1.54) is 31.6 Å². The molecule has 14 heavy (non-hydrogen) atoms. The third-order valence-electron chi connectivity index (χ3n) is 2.98. The SMILES string of the molecule is CC1CCC(N)C(SCCN(C)C)C1. The molecule has 1 saturated carbocycles. The number of hydrogen-bond donors (Lipinski definition) is 1. The monoisotopic (exact) mass is 216 g/mol. The van der Waals surface area contributed by atoms with Crippen molar-refractivity contribution < 1.29 is 0 Å². The Morgan fingerprint density at radius 3 is 2.71 bits per heavy atom. The fraction of sp³-hybridized carbons (Fsp3) is 1.00. The van der Waals surface area contributed by atoms with Crippen LogP contribution in [0.25, 0.3) is 0 Å². The maximum Gasteiger partial charge on any atom is 0.0202 e. The Kier molecular flexibility index (Phi) is 5.28. The number of rotatable bonds is 4. The van der Waals surface area contributed by atoms with Crippen LogP contribution in [0, 0.1) is 5.92 Å². The normalized spacial score (nSPS) is 33.6. The topological polar surface area (TPSA) is 29.3 Å². The van der Waals surface area contributed by atoms with Crippen molar-refractivity contribution in [1.82, 2.24) is 4.90 Å². The Bertz CT molecular complexity index is 161. The van der Waals surface area contributed by atoms with Crippen LogP contribution in [0.2, 0.25) is 0 Å². The summed E-state index contributed by atoms with van der Waals surface area (Å²) in [5.41, 5.74) is 6.12. The fourth-order valence-corrected chi connectivity index (χ4v) is 3.55. The molecule has 3 heteroatoms. The second kappa shape index (κ2) is 5.99. The lowest BCUT2D eigenvalue weighted by Crippen LogP contribution is -2.38. The van der Waals surface area contributed by atoms with Gasteiger partial charge in [-0.15, -0.1) is 0 Å². The molecule has 0 heterocycles. The maximum atomic E-state index is 6.12. The van der Waals surface area contributed by atoms with Gasteiger partial charge in [-0.05, 0) is 39.3 Å². The average molecular weight is 216 g/mol. The molecule has 2 nitrogen and oxygen atoms in total. The van der Waals surface area contributed by atoms with Crippen LogP contribution in [0.4, 0.5) is 0 Å². The van der Waals surface area contributed by atoms with E-state index in [0.717, 1.165) is 5.92 Å². The zero-order chi connectivity index (χ0) is 10.6. The molecule has 0 aromatic carbocycles. The third-order valence-corrected chi connectivity index (χ3v) is 4.36. The molecular weight excluding hydrogens is 192 g/mol. The van der Waals surface area contributed by atoms with Crippen LogP contribution in [-0.2, 0) is 0 Å². The van der Waals surface area contributed by atoms with Gasteiger partial charge < -0.3 is 10.6 Å². The summed E-state index contributed by atoms with van der Waals surface area (Å²) >= 11 is 2.07. The van der Waals surface area contributed by atoms with Gasteiger partial charge in [0.1, 0.15) is 0 Å². The van der Waals surface area contributed by atoms with Crippen LogP contribution in [0.1, 0.15) is 26.2 Å². The van der Waals surface area contributed by atoms with Gasteiger partial charge in [0.2, 0.25) is 0 Å². The van der Waals surface area contributed by atoms with Gasteiger partial charge in [0.25, 0.3) is 0 Å². The first-order chi connectivity index (χ1) is 6.59. The summed E-state index contributed by atoms with van der Waals surface area (Å²) in [6, 6.07) is 0.443. The molecule has 0 aromatic heterocycles. The van der Waals surface area contributed by atoms with Crippen molar-refractivity contribution >= 4 is 11.8 Å². The molecule has 3 atom stereocenters. The molecule has 0 spiro atoms. The van der Waals surface area contributed by atoms with Gasteiger partial charge in [0.15, 0.2) is 0 Å². The lowest BCUT2D eigenvalue weighted by Gasteiger charge is -2.32. The molecule has 0 aromatic rings. The smallest absolute Gasteiger partial charge is 0.0202 e. The fourth-order valence-electron chi connectivity index (χ4n) is 1.93. The Labute approximate surface area is 92.6 Å². The second-order valence-electron chi connectivity index (χ2n) is 4.79. The Balaban J connectivity index is 2.20. The Morgan fingerprint density at radius 1 is 1.36 bits per heavy atom. The molecule has 0 bridgehead atoms. The summed E-state index contributed by atoms with van der Waals surface area (Å²) in [4.78, 5) is 2.24. The van der Waals surface area contributed by atoms with E-state index in [2.05, 4.69) is 37.7 Å². The molecule has 1 rings (SSSR count). The van der Waals surface area contributed by atoms with Crippen molar-refractivity contribution in [3.63, 3.8) is 0 Å². The Hall–Kier alpha value is 0.270. The molecule has 0 aliphatic heterocycles. The van der Waals surface area contributed by atoms with E-state index < -0.39 is 0 Å². The standard InChI is InChI=1S/C11H24N2S/c1-9-4-5-10(12)11(8-9)14-7-6-13(2)3/h9-11H,4-8,12H2,1-3H3. The van der Waals surface area contributed by atoms with Crippen LogP contribution in [0.5, 0.6) is 0 Å². The van der Waals surface area contributed by atoms with Crippen molar-refractivity contribution in [1.29, 1.82) is 0 Å². The number of hydrogen-bond acceptors (Lipinski definition) is 3. The van der Waals surface area contributed by atoms with Crippen LogP contribution in [0.15, 0.2) is 0 Å². The van der Waals surface area contributed by atoms with Crippen LogP contribution in [-0.4, -0.2) is 42.6 Å². The highest BCUT2D eigenvalue weighted by Gasteiger charge is 2.25. The third kappa shape index (κ3) is 4.20. The number of nitrogens with zero attached hydrogens (tertiary/aromatic N) is 1. The van der Waals surface area contributed by atoms with Crippen molar-refractivity contribution in [3.05, 3.63) is 0 Å². The number of nitrogens with two attached hydrogens (primary N) is 1. The van der Waals surface area contributed by atoms with Gasteiger partial charge in [-0.2, -0.15) is 11.8 Å². The van der Waals surface area contributed by atoms with Gasteiger partial charge in [-0.25, -0.2) is 0 Å². The highest BCUT2D eigenvalue weighted by atomic mass is 32.2. The van der Waals surface area contributed by atoms with Gasteiger partial charge >= 0.3 is 0 Å². The minimum atomic E-state index is 0.443. The molecule has 0 radical (unpaired) electrons. The summed E-state index contributed by atoms with van der Waals surface area (Å²) < 4.78 is 0. The molecule has 1 fully saturated rings. The number of thioether (sulfide) groups is 1. The van der Waals surface area contributed by atoms with Gasteiger partial charge in [-0.1, -0.05) is 6.92 Å². The molecule has 3 unspecified atom stereocenters. The zero-order valence-electron chi connectivity index (χ0n) is 9.70. The molecule has 0 saturated heterocycles. The zero-order valence-corrected chi connectivity index (χ0v) is 10.5. The van der Waals surface area contributed by atoms with E-state index in [0.29, 0.717) is 11.3 Å². The summed E-state index contributed by atoms with van der Waals surface area (Å²) in [5.74, 6) is 2.10. The second-order valence-corrected chi connectivity index (χ2v) is 6.14. The van der Waals surface area contributed by atoms with Crippen LogP contribution >= 0.6 is 11.8 Å². The van der Waals surface area contributed by atoms with Crippen LogP contribution in [0.3, 0.4) is 0 Å². The van der Waals surface area contributed by atoms with E-state index in [1.54, 1.807) is 0 Å². The molecule has 0 amide bonds. The lowest BCUT2D eigenvalue weighted by atomic mass is 9.87. The highest BCUT2D eigenvalue weighted by Crippen LogP contribution is 2.31. The minimum Gasteiger partial charge on any atom is -0.327 e. The van der Waals surface area contributed by atoms with Crippen molar-refractivity contribution in [3.8, 4) is 0 Å². The predicted octanol–water partition coefficient (Wildman–Crippen LogP) is 1.80. The van der Waals surface area contributed by atoms with E-state index in [9.17, 15) is 0 Å². The van der Waals surface area contributed by atoms with Crippen molar-refractivity contribution in [2.24, 2.45) is 11.7 Å².